The first-order valence-electron chi connectivity index (χ1n) is 31.4. The Morgan fingerprint density at radius 3 is 0.836 bits per heavy atom. The minimum absolute atomic E-state index is 0.0903. The normalized spacial score (nSPS) is 12.5. The maximum absolute atomic E-state index is 12.8. The predicted octanol–water partition coefficient (Wildman–Crippen LogP) is 21.3. The summed E-state index contributed by atoms with van der Waals surface area (Å²) in [6.07, 6.45) is 79.6. The first-order chi connectivity index (χ1) is 36.0. The Kier molecular flexibility index (Phi) is 58.7. The van der Waals surface area contributed by atoms with E-state index in [0.717, 1.165) is 89.9 Å². The van der Waals surface area contributed by atoms with Crippen LogP contribution in [-0.4, -0.2) is 37.2 Å². The van der Waals surface area contributed by atoms with Gasteiger partial charge in [-0.2, -0.15) is 0 Å². The van der Waals surface area contributed by atoms with Crippen molar-refractivity contribution in [3.05, 3.63) is 72.9 Å². The molecule has 0 radical (unpaired) electrons. The molecule has 0 spiro atoms. The highest BCUT2D eigenvalue weighted by Crippen LogP contribution is 2.17. The molecule has 0 aliphatic carbocycles. The first-order valence-corrected chi connectivity index (χ1v) is 31.4. The topological polar surface area (TPSA) is 78.9 Å². The van der Waals surface area contributed by atoms with Crippen LogP contribution in [0.5, 0.6) is 0 Å². The monoisotopic (exact) mass is 1020 g/mol. The number of hydrogen-bond donors (Lipinski definition) is 0. The molecule has 0 saturated heterocycles. The van der Waals surface area contributed by atoms with Crippen LogP contribution in [0.25, 0.3) is 0 Å². The highest BCUT2D eigenvalue weighted by molar-refractivity contribution is 5.71. The van der Waals surface area contributed by atoms with Crippen LogP contribution in [0, 0.1) is 0 Å². The van der Waals surface area contributed by atoms with Gasteiger partial charge >= 0.3 is 17.9 Å². The second-order valence-corrected chi connectivity index (χ2v) is 21.0. The third-order valence-corrected chi connectivity index (χ3v) is 13.7. The lowest BCUT2D eigenvalue weighted by atomic mass is 10.0. The van der Waals surface area contributed by atoms with Crippen LogP contribution in [0.1, 0.15) is 316 Å². The fraction of sp³-hybridized carbons (Fsp3) is 0.776. The van der Waals surface area contributed by atoms with Gasteiger partial charge in [-0.15, -0.1) is 0 Å². The summed E-state index contributed by atoms with van der Waals surface area (Å²) in [5.41, 5.74) is 0. The van der Waals surface area contributed by atoms with Crippen LogP contribution < -0.4 is 0 Å². The summed E-state index contributed by atoms with van der Waals surface area (Å²) in [6.45, 7) is 6.46. The molecule has 73 heavy (non-hydrogen) atoms. The molecule has 0 heterocycles. The number of hydrogen-bond acceptors (Lipinski definition) is 6. The molecule has 6 nitrogen and oxygen atoms in total. The zero-order valence-electron chi connectivity index (χ0n) is 48.4. The van der Waals surface area contributed by atoms with Gasteiger partial charge in [-0.25, -0.2) is 0 Å². The first kappa shape index (κ1) is 69.8. The van der Waals surface area contributed by atoms with Gasteiger partial charge in [0, 0.05) is 19.3 Å². The van der Waals surface area contributed by atoms with Gasteiger partial charge in [-0.3, -0.25) is 14.4 Å². The van der Waals surface area contributed by atoms with Crippen LogP contribution in [0.3, 0.4) is 0 Å². The van der Waals surface area contributed by atoms with Gasteiger partial charge in [0.25, 0.3) is 0 Å². The molecule has 0 aliphatic rings. The van der Waals surface area contributed by atoms with E-state index in [1.807, 2.05) is 0 Å². The zero-order valence-corrected chi connectivity index (χ0v) is 48.4. The fourth-order valence-electron chi connectivity index (χ4n) is 9.04. The number of allylic oxidation sites excluding steroid dienone is 12. The lowest BCUT2D eigenvalue weighted by Gasteiger charge is -2.18. The summed E-state index contributed by atoms with van der Waals surface area (Å²) in [6, 6.07) is 0. The second-order valence-electron chi connectivity index (χ2n) is 21.0. The van der Waals surface area contributed by atoms with Crippen molar-refractivity contribution in [2.75, 3.05) is 13.2 Å². The van der Waals surface area contributed by atoms with Gasteiger partial charge in [0.1, 0.15) is 13.2 Å². The second kappa shape index (κ2) is 61.4. The molecule has 0 amide bonds. The number of carbonyl (C=O) groups excluding carboxylic acids is 3. The predicted molar refractivity (Wildman–Crippen MR) is 316 cm³/mol. The van der Waals surface area contributed by atoms with Crippen molar-refractivity contribution in [1.82, 2.24) is 0 Å². The van der Waals surface area contributed by atoms with Crippen molar-refractivity contribution in [2.24, 2.45) is 0 Å². The number of unbranched alkanes of at least 4 members (excludes halogenated alkanes) is 34. The van der Waals surface area contributed by atoms with E-state index in [1.54, 1.807) is 0 Å². The Labute approximate surface area is 453 Å². The molecule has 0 aromatic rings. The van der Waals surface area contributed by atoms with Crippen LogP contribution in [0.4, 0.5) is 0 Å². The molecule has 0 aromatic carbocycles. The van der Waals surface area contributed by atoms with Crippen molar-refractivity contribution >= 4 is 17.9 Å². The summed E-state index contributed by atoms with van der Waals surface area (Å²) < 4.78 is 16.8. The van der Waals surface area contributed by atoms with Gasteiger partial charge in [-0.1, -0.05) is 299 Å². The zero-order chi connectivity index (χ0) is 52.9. The Hall–Kier alpha value is -3.15. The van der Waals surface area contributed by atoms with Gasteiger partial charge in [0.05, 0.1) is 0 Å². The summed E-state index contributed by atoms with van der Waals surface area (Å²) in [5, 5.41) is 0. The Bertz CT molecular complexity index is 1360. The molecule has 0 rings (SSSR count). The summed E-state index contributed by atoms with van der Waals surface area (Å²) in [4.78, 5) is 37.9. The number of rotatable bonds is 57. The Morgan fingerprint density at radius 1 is 0.288 bits per heavy atom. The average molecular weight is 1020 g/mol. The van der Waals surface area contributed by atoms with Crippen LogP contribution >= 0.6 is 0 Å². The van der Waals surface area contributed by atoms with E-state index in [-0.39, 0.29) is 37.5 Å². The third-order valence-electron chi connectivity index (χ3n) is 13.7. The summed E-state index contributed by atoms with van der Waals surface area (Å²) >= 11 is 0. The van der Waals surface area contributed by atoms with Gasteiger partial charge in [0.15, 0.2) is 6.10 Å². The Balaban J connectivity index is 4.10. The van der Waals surface area contributed by atoms with Crippen LogP contribution in [0.15, 0.2) is 72.9 Å². The molecular formula is C67H118O6. The Morgan fingerprint density at radius 2 is 0.534 bits per heavy atom. The molecule has 422 valence electrons. The smallest absolute Gasteiger partial charge is 0.306 e. The molecule has 0 bridgehead atoms. The number of esters is 3. The summed E-state index contributed by atoms with van der Waals surface area (Å²) in [7, 11) is 0. The van der Waals surface area contributed by atoms with Crippen molar-refractivity contribution in [1.29, 1.82) is 0 Å². The van der Waals surface area contributed by atoms with Crippen molar-refractivity contribution < 1.29 is 28.6 Å². The average Bonchev–Trinajstić information content (AvgIpc) is 3.39. The molecular weight excluding hydrogens is 901 g/mol. The highest BCUT2D eigenvalue weighted by atomic mass is 16.6. The number of carbonyl (C=O) groups is 3. The molecule has 1 unspecified atom stereocenters. The van der Waals surface area contributed by atoms with E-state index in [1.165, 1.54) is 180 Å². The maximum atomic E-state index is 12.8. The standard InChI is InChI=1S/C67H118O6/c1-4-7-10-13-16-18-20-22-24-26-28-30-31-32-33-34-35-36-38-39-41-43-45-47-49-51-54-57-60-66(69)72-63-64(62-71-65(68)59-56-53-15-12-9-6-3)73-67(70)61-58-55-52-50-48-46-44-42-40-37-29-27-25-23-21-19-17-14-11-8-5-2/h8,11,17,19,23,25,29,37,42,44,48,50,64H,4-7,9-10,12-16,18,20-22,24,26-28,30-36,38-41,43,45-47,49,51-63H2,1-3H3/b11-8-,19-17-,25-23-,37-29-,44-42-,50-48-. The number of ether oxygens (including phenoxy) is 3. The third kappa shape index (κ3) is 59.6. The van der Waals surface area contributed by atoms with E-state index >= 15 is 0 Å². The van der Waals surface area contributed by atoms with E-state index in [4.69, 9.17) is 14.2 Å². The van der Waals surface area contributed by atoms with Crippen molar-refractivity contribution in [3.8, 4) is 0 Å². The largest absolute Gasteiger partial charge is 0.462 e. The minimum atomic E-state index is -0.794. The van der Waals surface area contributed by atoms with Gasteiger partial charge < -0.3 is 14.2 Å². The maximum Gasteiger partial charge on any atom is 0.306 e. The molecule has 0 aliphatic heterocycles. The molecule has 0 fully saturated rings. The minimum Gasteiger partial charge on any atom is -0.462 e. The quantitative estimate of drug-likeness (QED) is 0.0261. The van der Waals surface area contributed by atoms with Crippen molar-refractivity contribution in [3.63, 3.8) is 0 Å². The van der Waals surface area contributed by atoms with Crippen LogP contribution in [0.2, 0.25) is 0 Å². The molecule has 0 N–H and O–H groups in total. The highest BCUT2D eigenvalue weighted by Gasteiger charge is 2.19. The van der Waals surface area contributed by atoms with Gasteiger partial charge in [-0.05, 0) is 70.6 Å². The molecule has 0 aromatic heterocycles. The summed E-state index contributed by atoms with van der Waals surface area (Å²) in [5.74, 6) is -0.933. The van der Waals surface area contributed by atoms with E-state index in [9.17, 15) is 14.4 Å². The van der Waals surface area contributed by atoms with E-state index < -0.39 is 6.10 Å². The van der Waals surface area contributed by atoms with Crippen LogP contribution in [-0.2, 0) is 28.6 Å². The van der Waals surface area contributed by atoms with E-state index in [2.05, 4.69) is 93.7 Å². The lowest BCUT2D eigenvalue weighted by Crippen LogP contribution is -2.30. The lowest BCUT2D eigenvalue weighted by molar-refractivity contribution is -0.167. The van der Waals surface area contributed by atoms with Crippen molar-refractivity contribution in [2.45, 2.75) is 322 Å². The van der Waals surface area contributed by atoms with E-state index in [0.29, 0.717) is 19.3 Å². The molecule has 6 heteroatoms. The fourth-order valence-corrected chi connectivity index (χ4v) is 9.04. The molecule has 1 atom stereocenters. The SMILES string of the molecule is CC/C=C\C/C=C\C/C=C\C/C=C\C/C=C\C/C=C\CCCCC(=O)OC(COC(=O)CCCCCCCC)COC(=O)CCCCCCCCCCCCCCCCCCCCCCCCCCCCCC. The van der Waals surface area contributed by atoms with Gasteiger partial charge in [0.2, 0.25) is 0 Å². The molecule has 0 saturated carbocycles.